The molecule has 3 nitrogen and oxygen atoms in total. The molecule has 0 N–H and O–H groups in total. The zero-order chi connectivity index (χ0) is 11.4. The van der Waals surface area contributed by atoms with Crippen molar-refractivity contribution in [3.05, 3.63) is 0 Å². The first kappa shape index (κ1) is 10.6. The SMILES string of the molecule is CC(C)CC1(C(=O)N2CC3(CC3)C2)COC1. The van der Waals surface area contributed by atoms with E-state index >= 15 is 0 Å². The van der Waals surface area contributed by atoms with Crippen LogP contribution >= 0.6 is 0 Å². The molecule has 2 aliphatic heterocycles. The smallest absolute Gasteiger partial charge is 0.233 e. The Kier molecular flexibility index (Phi) is 2.13. The van der Waals surface area contributed by atoms with Gasteiger partial charge in [0.25, 0.3) is 0 Å². The molecule has 90 valence electrons. The lowest BCUT2D eigenvalue weighted by Gasteiger charge is -2.49. The molecule has 2 saturated heterocycles. The zero-order valence-electron chi connectivity index (χ0n) is 10.3. The normalized spacial score (nSPS) is 28.8. The second-order valence-corrected chi connectivity index (χ2v) is 6.53. The Hall–Kier alpha value is -0.570. The maximum atomic E-state index is 12.4. The molecule has 3 heteroatoms. The number of nitrogens with zero attached hydrogens (tertiary/aromatic N) is 1. The average molecular weight is 223 g/mol. The van der Waals surface area contributed by atoms with Crippen LogP contribution in [0.2, 0.25) is 0 Å². The molecule has 16 heavy (non-hydrogen) atoms. The van der Waals surface area contributed by atoms with Crippen LogP contribution in [0.25, 0.3) is 0 Å². The standard InChI is InChI=1S/C13H21NO2/c1-10(2)5-13(8-16-9-13)11(15)14-6-12(7-14)3-4-12/h10H,3-9H2,1-2H3. The zero-order valence-corrected chi connectivity index (χ0v) is 10.3. The van der Waals surface area contributed by atoms with E-state index in [0.29, 0.717) is 30.5 Å². The number of likely N-dealkylation sites (tertiary alicyclic amines) is 1. The summed E-state index contributed by atoms with van der Waals surface area (Å²) in [4.78, 5) is 14.5. The van der Waals surface area contributed by atoms with Crippen LogP contribution in [0.5, 0.6) is 0 Å². The van der Waals surface area contributed by atoms with E-state index in [2.05, 4.69) is 18.7 Å². The minimum absolute atomic E-state index is 0.162. The van der Waals surface area contributed by atoms with E-state index in [1.165, 1.54) is 12.8 Å². The summed E-state index contributed by atoms with van der Waals surface area (Å²) >= 11 is 0. The summed E-state index contributed by atoms with van der Waals surface area (Å²) in [5.74, 6) is 0.939. The van der Waals surface area contributed by atoms with Crippen molar-refractivity contribution in [2.45, 2.75) is 33.1 Å². The van der Waals surface area contributed by atoms with E-state index < -0.39 is 0 Å². The Bertz CT molecular complexity index is 308. The lowest BCUT2D eigenvalue weighted by molar-refractivity contribution is -0.183. The van der Waals surface area contributed by atoms with Gasteiger partial charge in [-0.25, -0.2) is 0 Å². The van der Waals surface area contributed by atoms with Gasteiger partial charge < -0.3 is 9.64 Å². The van der Waals surface area contributed by atoms with Crippen molar-refractivity contribution in [1.82, 2.24) is 4.90 Å². The van der Waals surface area contributed by atoms with E-state index in [4.69, 9.17) is 4.74 Å². The summed E-state index contributed by atoms with van der Waals surface area (Å²) in [6, 6.07) is 0. The lowest BCUT2D eigenvalue weighted by Crippen LogP contribution is -2.62. The molecule has 0 atom stereocenters. The second kappa shape index (κ2) is 3.22. The van der Waals surface area contributed by atoms with Gasteiger partial charge in [0.15, 0.2) is 0 Å². The van der Waals surface area contributed by atoms with Gasteiger partial charge in [0.2, 0.25) is 5.91 Å². The number of hydrogen-bond acceptors (Lipinski definition) is 2. The third kappa shape index (κ3) is 1.48. The Morgan fingerprint density at radius 2 is 1.94 bits per heavy atom. The van der Waals surface area contributed by atoms with E-state index in [9.17, 15) is 4.79 Å². The monoisotopic (exact) mass is 223 g/mol. The maximum Gasteiger partial charge on any atom is 0.233 e. The average Bonchev–Trinajstić information content (AvgIpc) is 2.86. The highest BCUT2D eigenvalue weighted by atomic mass is 16.5. The quantitative estimate of drug-likeness (QED) is 0.728. The first-order chi connectivity index (χ1) is 7.55. The molecule has 0 aromatic rings. The van der Waals surface area contributed by atoms with Crippen molar-refractivity contribution in [2.24, 2.45) is 16.7 Å². The first-order valence-corrected chi connectivity index (χ1v) is 6.43. The van der Waals surface area contributed by atoms with Crippen LogP contribution < -0.4 is 0 Å². The first-order valence-electron chi connectivity index (χ1n) is 6.43. The van der Waals surface area contributed by atoms with Gasteiger partial charge in [0.1, 0.15) is 0 Å². The predicted octanol–water partition coefficient (Wildman–Crippen LogP) is 1.67. The van der Waals surface area contributed by atoms with Gasteiger partial charge in [-0.1, -0.05) is 13.8 Å². The maximum absolute atomic E-state index is 12.4. The molecule has 1 spiro atoms. The van der Waals surface area contributed by atoms with Crippen molar-refractivity contribution >= 4 is 5.91 Å². The third-order valence-corrected chi connectivity index (χ3v) is 4.31. The van der Waals surface area contributed by atoms with Crippen LogP contribution in [0, 0.1) is 16.7 Å². The number of amides is 1. The molecule has 1 saturated carbocycles. The summed E-state index contributed by atoms with van der Waals surface area (Å²) in [7, 11) is 0. The molecule has 3 aliphatic rings. The van der Waals surface area contributed by atoms with E-state index in [0.717, 1.165) is 19.5 Å². The molecule has 0 aromatic carbocycles. The van der Waals surface area contributed by atoms with Crippen molar-refractivity contribution in [3.63, 3.8) is 0 Å². The van der Waals surface area contributed by atoms with Crippen molar-refractivity contribution in [2.75, 3.05) is 26.3 Å². The lowest BCUT2D eigenvalue weighted by atomic mass is 9.75. The third-order valence-electron chi connectivity index (χ3n) is 4.31. The van der Waals surface area contributed by atoms with E-state index in [-0.39, 0.29) is 5.41 Å². The molecule has 0 bridgehead atoms. The Morgan fingerprint density at radius 1 is 1.31 bits per heavy atom. The van der Waals surface area contributed by atoms with Crippen LogP contribution in [0.4, 0.5) is 0 Å². The fourth-order valence-electron chi connectivity index (χ4n) is 3.19. The highest BCUT2D eigenvalue weighted by Crippen LogP contribution is 2.54. The van der Waals surface area contributed by atoms with Crippen LogP contribution in [0.15, 0.2) is 0 Å². The van der Waals surface area contributed by atoms with Crippen molar-refractivity contribution in [3.8, 4) is 0 Å². The molecule has 1 aliphatic carbocycles. The van der Waals surface area contributed by atoms with E-state index in [1.54, 1.807) is 0 Å². The number of ether oxygens (including phenoxy) is 1. The minimum atomic E-state index is -0.162. The highest BCUT2D eigenvalue weighted by molar-refractivity contribution is 5.85. The Morgan fingerprint density at radius 3 is 2.31 bits per heavy atom. The Balaban J connectivity index is 1.63. The fourth-order valence-corrected chi connectivity index (χ4v) is 3.19. The highest BCUT2D eigenvalue weighted by Gasteiger charge is 2.58. The summed E-state index contributed by atoms with van der Waals surface area (Å²) in [6.45, 7) is 7.70. The fraction of sp³-hybridized carbons (Fsp3) is 0.923. The molecule has 0 unspecified atom stereocenters. The van der Waals surface area contributed by atoms with E-state index in [1.807, 2.05) is 0 Å². The van der Waals surface area contributed by atoms with Gasteiger partial charge in [0.05, 0.1) is 18.6 Å². The summed E-state index contributed by atoms with van der Waals surface area (Å²) in [5, 5.41) is 0. The largest absolute Gasteiger partial charge is 0.379 e. The van der Waals surface area contributed by atoms with Crippen LogP contribution in [0.1, 0.15) is 33.1 Å². The van der Waals surface area contributed by atoms with Gasteiger partial charge in [-0.2, -0.15) is 0 Å². The second-order valence-electron chi connectivity index (χ2n) is 6.53. The summed E-state index contributed by atoms with van der Waals surface area (Å²) < 4.78 is 5.30. The molecule has 3 rings (SSSR count). The molecule has 1 amide bonds. The molecule has 3 fully saturated rings. The molecular formula is C13H21NO2. The molecular weight excluding hydrogens is 202 g/mol. The number of carbonyl (C=O) groups is 1. The van der Waals surface area contributed by atoms with Crippen molar-refractivity contribution < 1.29 is 9.53 Å². The van der Waals surface area contributed by atoms with Gasteiger partial charge in [0, 0.05) is 18.5 Å². The van der Waals surface area contributed by atoms with Crippen molar-refractivity contribution in [1.29, 1.82) is 0 Å². The Labute approximate surface area is 97.1 Å². The number of rotatable bonds is 3. The van der Waals surface area contributed by atoms with Crippen LogP contribution in [-0.2, 0) is 9.53 Å². The van der Waals surface area contributed by atoms with Gasteiger partial charge >= 0.3 is 0 Å². The summed E-state index contributed by atoms with van der Waals surface area (Å²) in [5.41, 5.74) is 0.407. The number of hydrogen-bond donors (Lipinski definition) is 0. The predicted molar refractivity (Wildman–Crippen MR) is 61.0 cm³/mol. The summed E-state index contributed by atoms with van der Waals surface area (Å²) in [6.07, 6.45) is 3.66. The van der Waals surface area contributed by atoms with Crippen LogP contribution in [0.3, 0.4) is 0 Å². The van der Waals surface area contributed by atoms with Gasteiger partial charge in [-0.15, -0.1) is 0 Å². The molecule has 2 heterocycles. The molecule has 0 radical (unpaired) electrons. The number of carbonyl (C=O) groups excluding carboxylic acids is 1. The topological polar surface area (TPSA) is 29.5 Å². The van der Waals surface area contributed by atoms with Crippen LogP contribution in [-0.4, -0.2) is 37.1 Å². The van der Waals surface area contributed by atoms with Gasteiger partial charge in [-0.05, 0) is 25.2 Å². The van der Waals surface area contributed by atoms with Gasteiger partial charge in [-0.3, -0.25) is 4.79 Å². The molecule has 0 aromatic heterocycles. The minimum Gasteiger partial charge on any atom is -0.379 e.